The Labute approximate surface area is 133 Å². The predicted molar refractivity (Wildman–Crippen MR) is 88.3 cm³/mol. The molecular weight excluding hydrogens is 300 g/mol. The van der Waals surface area contributed by atoms with Crippen LogP contribution in [0.25, 0.3) is 0 Å². The van der Waals surface area contributed by atoms with Crippen LogP contribution in [-0.4, -0.2) is 37.8 Å². The maximum Gasteiger partial charge on any atom is 0.251 e. The lowest BCUT2D eigenvalue weighted by Crippen LogP contribution is -2.36. The van der Waals surface area contributed by atoms with E-state index in [1.807, 2.05) is 20.8 Å². The van der Waals surface area contributed by atoms with E-state index in [9.17, 15) is 13.2 Å². The number of carbonyl (C=O) groups excluding carboxylic acids is 1. The average molecular weight is 326 g/mol. The number of hydrogen-bond acceptors (Lipinski definition) is 3. The molecule has 0 aliphatic heterocycles. The molecule has 1 atom stereocenters. The van der Waals surface area contributed by atoms with Crippen molar-refractivity contribution in [1.82, 2.24) is 9.62 Å². The Morgan fingerprint density at radius 3 is 2.27 bits per heavy atom. The molecule has 0 aromatic heterocycles. The molecular formula is C16H26N2O3S. The van der Waals surface area contributed by atoms with Gasteiger partial charge in [-0.25, -0.2) is 8.42 Å². The van der Waals surface area contributed by atoms with Gasteiger partial charge in [0.05, 0.1) is 4.90 Å². The highest BCUT2D eigenvalue weighted by Crippen LogP contribution is 2.17. The van der Waals surface area contributed by atoms with Gasteiger partial charge in [-0.05, 0) is 31.0 Å². The van der Waals surface area contributed by atoms with Crippen LogP contribution in [0, 0.1) is 5.92 Å². The Morgan fingerprint density at radius 1 is 1.18 bits per heavy atom. The number of carbonyl (C=O) groups is 1. The second-order valence-corrected chi connectivity index (χ2v) is 7.56. The number of nitrogens with zero attached hydrogens (tertiary/aromatic N) is 1. The van der Waals surface area contributed by atoms with Crippen LogP contribution in [0.15, 0.2) is 29.2 Å². The first-order valence-corrected chi connectivity index (χ1v) is 9.09. The van der Waals surface area contributed by atoms with Gasteiger partial charge in [0.2, 0.25) is 10.0 Å². The summed E-state index contributed by atoms with van der Waals surface area (Å²) in [7, 11) is -3.55. The van der Waals surface area contributed by atoms with E-state index in [4.69, 9.17) is 0 Å². The van der Waals surface area contributed by atoms with Gasteiger partial charge in [0.25, 0.3) is 5.91 Å². The highest BCUT2D eigenvalue weighted by atomic mass is 32.2. The highest BCUT2D eigenvalue weighted by molar-refractivity contribution is 7.89. The number of hydrogen-bond donors (Lipinski definition) is 1. The lowest BCUT2D eigenvalue weighted by Gasteiger charge is -2.20. The molecule has 0 aliphatic rings. The number of nitrogens with one attached hydrogen (secondary N) is 1. The molecule has 0 radical (unpaired) electrons. The fraction of sp³-hybridized carbons (Fsp3) is 0.562. The van der Waals surface area contributed by atoms with Crippen molar-refractivity contribution in [2.75, 3.05) is 13.1 Å². The number of sulfonamides is 1. The van der Waals surface area contributed by atoms with Gasteiger partial charge in [-0.1, -0.05) is 33.8 Å². The normalized spacial score (nSPS) is 13.4. The van der Waals surface area contributed by atoms with Crippen LogP contribution >= 0.6 is 0 Å². The van der Waals surface area contributed by atoms with E-state index in [2.05, 4.69) is 5.32 Å². The minimum absolute atomic E-state index is 0.0237. The van der Waals surface area contributed by atoms with E-state index in [0.29, 0.717) is 24.6 Å². The van der Waals surface area contributed by atoms with Crippen LogP contribution in [0.1, 0.15) is 45.0 Å². The molecule has 5 nitrogen and oxygen atoms in total. The molecule has 1 N–H and O–H groups in total. The lowest BCUT2D eigenvalue weighted by atomic mass is 10.1. The van der Waals surface area contributed by atoms with Crippen LogP contribution in [0.3, 0.4) is 0 Å². The monoisotopic (exact) mass is 326 g/mol. The number of benzene rings is 1. The molecule has 0 bridgehead atoms. The molecule has 0 unspecified atom stereocenters. The van der Waals surface area contributed by atoms with Crippen molar-refractivity contribution in [3.8, 4) is 0 Å². The summed E-state index contributed by atoms with van der Waals surface area (Å²) in [5.41, 5.74) is 0.362. The number of amides is 1. The van der Waals surface area contributed by atoms with Crippen molar-refractivity contribution in [2.45, 2.75) is 45.6 Å². The Balaban J connectivity index is 3.07. The molecule has 1 aromatic carbocycles. The van der Waals surface area contributed by atoms with Gasteiger partial charge in [-0.2, -0.15) is 4.31 Å². The maximum absolute atomic E-state index is 12.5. The van der Waals surface area contributed by atoms with E-state index in [0.717, 1.165) is 0 Å². The van der Waals surface area contributed by atoms with Gasteiger partial charge in [0, 0.05) is 24.7 Å². The summed E-state index contributed by atoms with van der Waals surface area (Å²) in [6.45, 7) is 10.4. The van der Waals surface area contributed by atoms with Crippen molar-refractivity contribution >= 4 is 15.9 Å². The molecule has 0 saturated heterocycles. The van der Waals surface area contributed by atoms with E-state index >= 15 is 0 Å². The first kappa shape index (κ1) is 18.6. The molecule has 6 heteroatoms. The molecule has 1 amide bonds. The van der Waals surface area contributed by atoms with Gasteiger partial charge in [-0.15, -0.1) is 0 Å². The fourth-order valence-corrected chi connectivity index (χ4v) is 3.47. The summed E-state index contributed by atoms with van der Waals surface area (Å²) in [5.74, 6) is 0.0596. The van der Waals surface area contributed by atoms with Crippen LogP contribution < -0.4 is 5.32 Å². The van der Waals surface area contributed by atoms with Crippen molar-refractivity contribution < 1.29 is 13.2 Å². The van der Waals surface area contributed by atoms with E-state index in [1.165, 1.54) is 16.4 Å². The van der Waals surface area contributed by atoms with Crippen molar-refractivity contribution in [3.63, 3.8) is 0 Å². The third-order valence-corrected chi connectivity index (χ3v) is 5.84. The Bertz CT molecular complexity index is 608. The average Bonchev–Trinajstić information content (AvgIpc) is 2.48. The smallest absolute Gasteiger partial charge is 0.251 e. The fourth-order valence-electron chi connectivity index (χ4n) is 1.97. The zero-order valence-corrected chi connectivity index (χ0v) is 14.8. The largest absolute Gasteiger partial charge is 0.349 e. The molecule has 124 valence electrons. The molecule has 1 aromatic rings. The van der Waals surface area contributed by atoms with E-state index in [-0.39, 0.29) is 16.8 Å². The van der Waals surface area contributed by atoms with Crippen LogP contribution in [0.4, 0.5) is 0 Å². The second kappa shape index (κ2) is 7.74. The molecule has 0 spiro atoms. The number of rotatable bonds is 7. The third-order valence-electron chi connectivity index (χ3n) is 3.80. The van der Waals surface area contributed by atoms with Gasteiger partial charge in [0.1, 0.15) is 0 Å². The van der Waals surface area contributed by atoms with Crippen LogP contribution in [0.5, 0.6) is 0 Å². The van der Waals surface area contributed by atoms with Crippen LogP contribution in [0.2, 0.25) is 0 Å². The predicted octanol–water partition coefficient (Wildman–Crippen LogP) is 2.49. The third kappa shape index (κ3) is 4.30. The van der Waals surface area contributed by atoms with Crippen LogP contribution in [-0.2, 0) is 10.0 Å². The van der Waals surface area contributed by atoms with Gasteiger partial charge < -0.3 is 5.32 Å². The first-order chi connectivity index (χ1) is 10.2. The quantitative estimate of drug-likeness (QED) is 0.837. The van der Waals surface area contributed by atoms with Crippen molar-refractivity contribution in [2.24, 2.45) is 5.92 Å². The van der Waals surface area contributed by atoms with Gasteiger partial charge in [0.15, 0.2) is 0 Å². The van der Waals surface area contributed by atoms with Crippen molar-refractivity contribution in [3.05, 3.63) is 29.8 Å². The van der Waals surface area contributed by atoms with E-state index in [1.54, 1.807) is 26.0 Å². The van der Waals surface area contributed by atoms with Crippen molar-refractivity contribution in [1.29, 1.82) is 0 Å². The zero-order valence-electron chi connectivity index (χ0n) is 14.0. The SMILES string of the molecule is CCN(CC)S(=O)(=O)c1cccc(C(=O)N[C@H](C)C(C)C)c1. The summed E-state index contributed by atoms with van der Waals surface area (Å²) < 4.78 is 26.4. The highest BCUT2D eigenvalue weighted by Gasteiger charge is 2.22. The van der Waals surface area contributed by atoms with E-state index < -0.39 is 10.0 Å². The second-order valence-electron chi connectivity index (χ2n) is 5.62. The summed E-state index contributed by atoms with van der Waals surface area (Å²) >= 11 is 0. The minimum Gasteiger partial charge on any atom is -0.349 e. The Morgan fingerprint density at radius 2 is 1.77 bits per heavy atom. The summed E-state index contributed by atoms with van der Waals surface area (Å²) in [4.78, 5) is 12.4. The molecule has 0 fully saturated rings. The summed E-state index contributed by atoms with van der Waals surface area (Å²) in [6.07, 6.45) is 0. The van der Waals surface area contributed by atoms with Gasteiger partial charge in [-0.3, -0.25) is 4.79 Å². The summed E-state index contributed by atoms with van der Waals surface area (Å²) in [6, 6.07) is 6.22. The summed E-state index contributed by atoms with van der Waals surface area (Å²) in [5, 5.41) is 2.88. The Hall–Kier alpha value is -1.40. The first-order valence-electron chi connectivity index (χ1n) is 7.65. The topological polar surface area (TPSA) is 66.5 Å². The molecule has 1 rings (SSSR count). The maximum atomic E-state index is 12.5. The molecule has 0 saturated carbocycles. The Kier molecular flexibility index (Phi) is 6.56. The zero-order chi connectivity index (χ0) is 16.9. The molecule has 22 heavy (non-hydrogen) atoms. The standard InChI is InChI=1S/C16H26N2O3S/c1-6-18(7-2)22(20,21)15-10-8-9-14(11-15)16(19)17-13(5)12(3)4/h8-13H,6-7H2,1-5H3,(H,17,19)/t13-/m1/s1. The molecule has 0 aliphatic carbocycles. The minimum atomic E-state index is -3.55. The van der Waals surface area contributed by atoms with Gasteiger partial charge >= 0.3 is 0 Å². The lowest BCUT2D eigenvalue weighted by molar-refractivity contribution is 0.0930. The molecule has 0 heterocycles.